The Labute approximate surface area is 161 Å². The summed E-state index contributed by atoms with van der Waals surface area (Å²) in [5, 5.41) is 4.16. The number of nitrogens with zero attached hydrogens (tertiary/aromatic N) is 3. The van der Waals surface area contributed by atoms with Gasteiger partial charge in [0, 0.05) is 5.56 Å². The van der Waals surface area contributed by atoms with Crippen LogP contribution in [0.2, 0.25) is 0 Å². The molecular formula is C18H19N5O3S. The molecule has 0 saturated heterocycles. The molecule has 2 aromatic carbocycles. The summed E-state index contributed by atoms with van der Waals surface area (Å²) in [5.74, 6) is 1.43. The fourth-order valence-corrected chi connectivity index (χ4v) is 2.68. The van der Waals surface area contributed by atoms with Crippen LogP contribution in [0, 0.1) is 4.77 Å². The van der Waals surface area contributed by atoms with E-state index in [1.807, 2.05) is 12.1 Å². The summed E-state index contributed by atoms with van der Waals surface area (Å²) >= 11 is 5.39. The molecule has 0 spiro atoms. The lowest BCUT2D eigenvalue weighted by Crippen LogP contribution is -2.14. The zero-order valence-electron chi connectivity index (χ0n) is 14.9. The Bertz CT molecular complexity index is 993. The van der Waals surface area contributed by atoms with Gasteiger partial charge in [-0.3, -0.25) is 10.2 Å². The molecule has 0 aliphatic heterocycles. The van der Waals surface area contributed by atoms with E-state index in [1.54, 1.807) is 50.6 Å². The number of rotatable bonds is 7. The van der Waals surface area contributed by atoms with Crippen molar-refractivity contribution in [2.75, 3.05) is 25.4 Å². The van der Waals surface area contributed by atoms with Crippen molar-refractivity contribution in [3.8, 4) is 11.5 Å². The maximum atomic E-state index is 12.5. The third-order valence-electron chi connectivity index (χ3n) is 3.90. The molecule has 0 atom stereocenters. The van der Waals surface area contributed by atoms with Crippen LogP contribution in [0.4, 0.5) is 11.6 Å². The average Bonchev–Trinajstić information content (AvgIpc) is 2.96. The van der Waals surface area contributed by atoms with Gasteiger partial charge < -0.3 is 15.2 Å². The smallest absolute Gasteiger partial charge is 0.240 e. The van der Waals surface area contributed by atoms with Crippen LogP contribution in [0.15, 0.2) is 48.5 Å². The molecule has 27 heavy (non-hydrogen) atoms. The van der Waals surface area contributed by atoms with Crippen molar-refractivity contribution in [3.63, 3.8) is 0 Å². The molecule has 140 valence electrons. The number of ketones is 1. The maximum absolute atomic E-state index is 12.5. The Kier molecular flexibility index (Phi) is 5.41. The predicted molar refractivity (Wildman–Crippen MR) is 105 cm³/mol. The molecule has 9 heteroatoms. The third kappa shape index (κ3) is 4.09. The Hall–Kier alpha value is -3.33. The largest absolute Gasteiger partial charge is 0.497 e. The molecule has 1 aromatic heterocycles. The van der Waals surface area contributed by atoms with Crippen LogP contribution in [0.3, 0.4) is 0 Å². The van der Waals surface area contributed by atoms with E-state index < -0.39 is 0 Å². The fraction of sp³-hybridized carbons (Fsp3) is 0.167. The van der Waals surface area contributed by atoms with Crippen molar-refractivity contribution in [1.29, 1.82) is 0 Å². The number of nitrogens with one attached hydrogen (secondary N) is 1. The second kappa shape index (κ2) is 7.92. The van der Waals surface area contributed by atoms with Gasteiger partial charge in [0.2, 0.25) is 10.7 Å². The number of nitrogen functional groups attached to an aromatic ring is 1. The summed E-state index contributed by atoms with van der Waals surface area (Å²) in [6.45, 7) is -0.0212. The molecular weight excluding hydrogens is 366 g/mol. The van der Waals surface area contributed by atoms with E-state index in [9.17, 15) is 4.79 Å². The number of benzene rings is 2. The zero-order chi connectivity index (χ0) is 19.4. The van der Waals surface area contributed by atoms with E-state index >= 15 is 0 Å². The highest BCUT2D eigenvalue weighted by atomic mass is 32.1. The molecule has 0 unspecified atom stereocenters. The standard InChI is InChI=1S/C18H19N5O3S/c1-25-14-7-3-12(4-8-14)16(24)11-22-18(27)23(17(19)21-22)20-13-5-9-15(26-2)10-6-13/h3-10,20H,11H2,1-2H3,(H2,19,21). The van der Waals surface area contributed by atoms with Crippen LogP contribution in [0.25, 0.3) is 0 Å². The van der Waals surface area contributed by atoms with Gasteiger partial charge in [-0.05, 0) is 60.7 Å². The minimum absolute atomic E-state index is 0.0212. The first-order valence-electron chi connectivity index (χ1n) is 8.05. The van der Waals surface area contributed by atoms with Crippen molar-refractivity contribution >= 4 is 29.6 Å². The summed E-state index contributed by atoms with van der Waals surface area (Å²) in [6.07, 6.45) is 0. The minimum atomic E-state index is -0.136. The Morgan fingerprint density at radius 3 is 2.19 bits per heavy atom. The van der Waals surface area contributed by atoms with Gasteiger partial charge in [-0.25, -0.2) is 4.68 Å². The fourth-order valence-electron chi connectivity index (χ4n) is 2.43. The predicted octanol–water partition coefficient (Wildman–Crippen LogP) is 2.77. The molecule has 0 aliphatic carbocycles. The first-order chi connectivity index (χ1) is 13.0. The van der Waals surface area contributed by atoms with Gasteiger partial charge >= 0.3 is 0 Å². The molecule has 3 aromatic rings. The summed E-state index contributed by atoms with van der Waals surface area (Å²) in [6, 6.07) is 14.1. The van der Waals surface area contributed by atoms with Gasteiger partial charge in [0.05, 0.1) is 19.9 Å². The molecule has 0 saturated carbocycles. The first-order valence-corrected chi connectivity index (χ1v) is 8.46. The van der Waals surface area contributed by atoms with Gasteiger partial charge in [0.1, 0.15) is 18.0 Å². The number of carbonyl (C=O) groups is 1. The molecule has 8 nitrogen and oxygen atoms in total. The van der Waals surface area contributed by atoms with E-state index in [0.717, 1.165) is 11.4 Å². The van der Waals surface area contributed by atoms with Crippen molar-refractivity contribution in [2.45, 2.75) is 6.54 Å². The highest BCUT2D eigenvalue weighted by Gasteiger charge is 2.13. The summed E-state index contributed by atoms with van der Waals surface area (Å²) in [4.78, 5) is 12.5. The van der Waals surface area contributed by atoms with Crippen LogP contribution >= 0.6 is 12.2 Å². The maximum Gasteiger partial charge on any atom is 0.240 e. The summed E-state index contributed by atoms with van der Waals surface area (Å²) in [5.41, 5.74) is 10.3. The van der Waals surface area contributed by atoms with E-state index in [4.69, 9.17) is 27.4 Å². The van der Waals surface area contributed by atoms with Crippen LogP contribution in [0.5, 0.6) is 11.5 Å². The van der Waals surface area contributed by atoms with Gasteiger partial charge in [0.25, 0.3) is 0 Å². The van der Waals surface area contributed by atoms with Crippen LogP contribution in [-0.2, 0) is 6.54 Å². The molecule has 3 rings (SSSR count). The summed E-state index contributed by atoms with van der Waals surface area (Å²) in [7, 11) is 3.17. The number of hydrogen-bond donors (Lipinski definition) is 2. The second-order valence-corrected chi connectivity index (χ2v) is 5.99. The number of Topliss-reactive ketones (excluding diaryl/α,β-unsaturated/α-hetero) is 1. The normalized spacial score (nSPS) is 10.4. The topological polar surface area (TPSA) is 96.3 Å². The lowest BCUT2D eigenvalue weighted by molar-refractivity contribution is 0.0967. The van der Waals surface area contributed by atoms with Gasteiger partial charge in [-0.1, -0.05) is 0 Å². The monoisotopic (exact) mass is 385 g/mol. The number of ether oxygens (including phenoxy) is 2. The first kappa shape index (κ1) is 18.5. The van der Waals surface area contributed by atoms with Gasteiger partial charge in [-0.2, -0.15) is 4.68 Å². The van der Waals surface area contributed by atoms with Crippen molar-refractivity contribution < 1.29 is 14.3 Å². The molecule has 0 fully saturated rings. The zero-order valence-corrected chi connectivity index (χ0v) is 15.7. The lowest BCUT2D eigenvalue weighted by atomic mass is 10.1. The number of methoxy groups -OCH3 is 2. The molecule has 0 amide bonds. The number of carbonyl (C=O) groups excluding carboxylic acids is 1. The highest BCUT2D eigenvalue weighted by Crippen LogP contribution is 2.17. The van der Waals surface area contributed by atoms with E-state index in [1.165, 1.54) is 9.36 Å². The number of hydrogen-bond acceptors (Lipinski definition) is 7. The Morgan fingerprint density at radius 2 is 1.63 bits per heavy atom. The lowest BCUT2D eigenvalue weighted by Gasteiger charge is -2.08. The third-order valence-corrected chi connectivity index (χ3v) is 4.29. The quantitative estimate of drug-likeness (QED) is 0.477. The van der Waals surface area contributed by atoms with E-state index in [0.29, 0.717) is 11.3 Å². The Balaban J connectivity index is 1.77. The molecule has 0 aliphatic rings. The average molecular weight is 385 g/mol. The van der Waals surface area contributed by atoms with Crippen molar-refractivity contribution in [3.05, 3.63) is 58.9 Å². The number of anilines is 2. The molecule has 1 heterocycles. The SMILES string of the molecule is COc1ccc(Nn2c(N)nn(CC(=O)c3ccc(OC)cc3)c2=S)cc1. The van der Waals surface area contributed by atoms with Crippen LogP contribution in [0.1, 0.15) is 10.4 Å². The van der Waals surface area contributed by atoms with Crippen molar-refractivity contribution in [2.24, 2.45) is 0 Å². The van der Waals surface area contributed by atoms with Crippen LogP contribution < -0.4 is 20.6 Å². The van der Waals surface area contributed by atoms with Gasteiger partial charge in [-0.15, -0.1) is 5.10 Å². The molecule has 0 radical (unpaired) electrons. The Morgan fingerprint density at radius 1 is 1.07 bits per heavy atom. The highest BCUT2D eigenvalue weighted by molar-refractivity contribution is 7.71. The summed E-state index contributed by atoms with van der Waals surface area (Å²) < 4.78 is 13.3. The molecule has 3 N–H and O–H groups in total. The second-order valence-electron chi connectivity index (χ2n) is 5.63. The van der Waals surface area contributed by atoms with E-state index in [-0.39, 0.29) is 23.0 Å². The molecule has 0 bridgehead atoms. The van der Waals surface area contributed by atoms with Crippen molar-refractivity contribution in [1.82, 2.24) is 14.5 Å². The number of nitrogens with two attached hydrogens (primary N) is 1. The van der Waals surface area contributed by atoms with Gasteiger partial charge in [0.15, 0.2) is 5.78 Å². The minimum Gasteiger partial charge on any atom is -0.497 e. The van der Waals surface area contributed by atoms with E-state index in [2.05, 4.69) is 10.5 Å². The number of aromatic nitrogens is 3. The van der Waals surface area contributed by atoms with Crippen LogP contribution in [-0.4, -0.2) is 34.5 Å².